The fourth-order valence-corrected chi connectivity index (χ4v) is 2.71. The zero-order valence-corrected chi connectivity index (χ0v) is 16.1. The van der Waals surface area contributed by atoms with Gasteiger partial charge in [0.15, 0.2) is 5.11 Å². The molecule has 26 heavy (non-hydrogen) atoms. The molecule has 0 N–H and O–H groups in total. The highest BCUT2D eigenvalue weighted by Gasteiger charge is 2.36. The monoisotopic (exact) mass is 378 g/mol. The summed E-state index contributed by atoms with van der Waals surface area (Å²) in [5, 5.41) is 0.246. The van der Waals surface area contributed by atoms with Crippen LogP contribution in [-0.2, 0) is 14.3 Å². The van der Waals surface area contributed by atoms with E-state index in [0.29, 0.717) is 30.3 Å². The molecule has 1 saturated heterocycles. The summed E-state index contributed by atoms with van der Waals surface area (Å²) in [6, 6.07) is 5.37. The number of nitrogens with zero attached hydrogens (tertiary/aromatic N) is 2. The summed E-state index contributed by atoms with van der Waals surface area (Å²) in [6.45, 7) is 4.63. The molecule has 1 amide bonds. The maximum absolute atomic E-state index is 12.5. The Balaban J connectivity index is 2.45. The smallest absolute Gasteiger partial charge is 0.325 e. The second-order valence-corrected chi connectivity index (χ2v) is 5.77. The number of hydrogen-bond donors (Lipinski definition) is 0. The molecule has 0 radical (unpaired) electrons. The molecule has 0 saturated carbocycles. The van der Waals surface area contributed by atoms with Crippen molar-refractivity contribution in [1.29, 1.82) is 0 Å². The number of hydrogen-bond acceptors (Lipinski definition) is 6. The van der Waals surface area contributed by atoms with Gasteiger partial charge in [0.2, 0.25) is 0 Å². The second kappa shape index (κ2) is 8.66. The highest BCUT2D eigenvalue weighted by atomic mass is 32.1. The lowest BCUT2D eigenvalue weighted by Crippen LogP contribution is -2.33. The number of ether oxygens (including phenoxy) is 3. The van der Waals surface area contributed by atoms with E-state index in [-0.39, 0.29) is 23.3 Å². The lowest BCUT2D eigenvalue weighted by atomic mass is 10.1. The molecule has 1 aliphatic rings. The van der Waals surface area contributed by atoms with Gasteiger partial charge in [0, 0.05) is 18.7 Å². The van der Waals surface area contributed by atoms with Crippen molar-refractivity contribution >= 4 is 35.3 Å². The van der Waals surface area contributed by atoms with Gasteiger partial charge in [0.1, 0.15) is 23.7 Å². The van der Waals surface area contributed by atoms with Gasteiger partial charge in [-0.15, -0.1) is 0 Å². The molecular formula is C18H22N2O5S. The average Bonchev–Trinajstić information content (AvgIpc) is 2.82. The molecule has 0 spiro atoms. The van der Waals surface area contributed by atoms with E-state index in [2.05, 4.69) is 0 Å². The predicted molar refractivity (Wildman–Crippen MR) is 101 cm³/mol. The largest absolute Gasteiger partial charge is 0.494 e. The Bertz CT molecular complexity index is 747. The molecule has 1 aromatic carbocycles. The minimum Gasteiger partial charge on any atom is -0.494 e. The molecule has 0 unspecified atom stereocenters. The first-order chi connectivity index (χ1) is 12.4. The summed E-state index contributed by atoms with van der Waals surface area (Å²) in [5.74, 6) is 0.473. The van der Waals surface area contributed by atoms with Crippen LogP contribution >= 0.6 is 12.2 Å². The Kier molecular flexibility index (Phi) is 6.57. The number of carbonyl (C=O) groups is 2. The highest BCUT2D eigenvalue weighted by Crippen LogP contribution is 2.30. The Morgan fingerprint density at radius 2 is 1.92 bits per heavy atom. The first kappa shape index (κ1) is 19.7. The van der Waals surface area contributed by atoms with Crippen LogP contribution in [0.4, 0.5) is 0 Å². The van der Waals surface area contributed by atoms with Crippen molar-refractivity contribution in [2.75, 3.05) is 33.9 Å². The number of likely N-dealkylation sites (N-methyl/N-ethyl adjacent to an activating group) is 1. The lowest BCUT2D eigenvalue weighted by molar-refractivity contribution is -0.140. The highest BCUT2D eigenvalue weighted by molar-refractivity contribution is 7.80. The van der Waals surface area contributed by atoms with Crippen molar-refractivity contribution < 1.29 is 23.8 Å². The molecule has 140 valence electrons. The summed E-state index contributed by atoms with van der Waals surface area (Å²) in [4.78, 5) is 27.0. The van der Waals surface area contributed by atoms with Gasteiger partial charge in [0.25, 0.3) is 5.91 Å². The number of esters is 1. The number of carbonyl (C=O) groups excluding carboxylic acids is 2. The first-order valence-corrected chi connectivity index (χ1v) is 8.61. The van der Waals surface area contributed by atoms with Gasteiger partial charge < -0.3 is 19.1 Å². The number of benzene rings is 1. The third kappa shape index (κ3) is 4.13. The van der Waals surface area contributed by atoms with Gasteiger partial charge in [-0.2, -0.15) is 0 Å². The number of rotatable bonds is 7. The zero-order chi connectivity index (χ0) is 19.3. The van der Waals surface area contributed by atoms with Crippen LogP contribution in [0.3, 0.4) is 0 Å². The molecule has 1 aromatic rings. The molecule has 1 heterocycles. The minimum atomic E-state index is -0.488. The van der Waals surface area contributed by atoms with Crippen LogP contribution in [0.5, 0.6) is 11.5 Å². The summed E-state index contributed by atoms with van der Waals surface area (Å²) in [5.41, 5.74) is 0.972. The van der Waals surface area contributed by atoms with Crippen molar-refractivity contribution in [2.45, 2.75) is 13.8 Å². The summed E-state index contributed by atoms with van der Waals surface area (Å²) < 4.78 is 15.9. The van der Waals surface area contributed by atoms with Crippen molar-refractivity contribution in [2.24, 2.45) is 0 Å². The van der Waals surface area contributed by atoms with Crippen LogP contribution in [0, 0.1) is 0 Å². The Labute approximate surface area is 158 Å². The molecule has 0 bridgehead atoms. The maximum Gasteiger partial charge on any atom is 0.325 e. The number of thiocarbonyl (C=S) groups is 1. The maximum atomic E-state index is 12.5. The van der Waals surface area contributed by atoms with Crippen LogP contribution in [-0.4, -0.2) is 60.7 Å². The third-order valence-corrected chi connectivity index (χ3v) is 4.23. The standard InChI is InChI=1S/C18H22N2O5S/c1-5-24-13-8-7-12(15(10-13)25-6-2)9-14-17(22)19(3)18(26)20(14)11-16(21)23-4/h7-10H,5-6,11H2,1-4H3/b14-9+. The topological polar surface area (TPSA) is 68.3 Å². The number of methoxy groups -OCH3 is 1. The molecule has 0 aromatic heterocycles. The van der Waals surface area contributed by atoms with E-state index < -0.39 is 5.97 Å². The fourth-order valence-electron chi connectivity index (χ4n) is 2.46. The van der Waals surface area contributed by atoms with Crippen molar-refractivity contribution in [3.8, 4) is 11.5 Å². The SMILES string of the molecule is CCOc1ccc(/C=C2\C(=O)N(C)C(=S)N2CC(=O)OC)c(OCC)c1. The summed E-state index contributed by atoms with van der Waals surface area (Å²) in [7, 11) is 2.85. The second-order valence-electron chi connectivity index (χ2n) is 5.40. The fraction of sp³-hybridized carbons (Fsp3) is 0.389. The Hall–Kier alpha value is -2.61. The van der Waals surface area contributed by atoms with Crippen molar-refractivity contribution in [3.63, 3.8) is 0 Å². The minimum absolute atomic E-state index is 0.141. The van der Waals surface area contributed by atoms with E-state index in [1.54, 1.807) is 31.3 Å². The van der Waals surface area contributed by atoms with E-state index in [4.69, 9.17) is 26.4 Å². The van der Waals surface area contributed by atoms with Gasteiger partial charge in [-0.1, -0.05) is 0 Å². The normalized spacial score (nSPS) is 15.6. The molecule has 0 aliphatic carbocycles. The Morgan fingerprint density at radius 1 is 1.23 bits per heavy atom. The van der Waals surface area contributed by atoms with E-state index in [9.17, 15) is 9.59 Å². The van der Waals surface area contributed by atoms with Gasteiger partial charge in [0.05, 0.1) is 20.3 Å². The van der Waals surface area contributed by atoms with E-state index in [1.807, 2.05) is 13.8 Å². The molecule has 0 atom stereocenters. The molecule has 7 nitrogen and oxygen atoms in total. The number of amides is 1. The van der Waals surface area contributed by atoms with Gasteiger partial charge in [-0.25, -0.2) is 0 Å². The molecule has 8 heteroatoms. The zero-order valence-electron chi connectivity index (χ0n) is 15.3. The molecule has 2 rings (SSSR count). The van der Waals surface area contributed by atoms with E-state index >= 15 is 0 Å². The molecular weight excluding hydrogens is 356 g/mol. The van der Waals surface area contributed by atoms with Crippen LogP contribution < -0.4 is 9.47 Å². The quantitative estimate of drug-likeness (QED) is 0.409. The van der Waals surface area contributed by atoms with Crippen molar-refractivity contribution in [1.82, 2.24) is 9.80 Å². The van der Waals surface area contributed by atoms with Crippen LogP contribution in [0.1, 0.15) is 19.4 Å². The summed E-state index contributed by atoms with van der Waals surface area (Å²) >= 11 is 5.27. The average molecular weight is 378 g/mol. The van der Waals surface area contributed by atoms with Crippen LogP contribution in [0.25, 0.3) is 6.08 Å². The van der Waals surface area contributed by atoms with Gasteiger partial charge in [-0.3, -0.25) is 14.5 Å². The summed E-state index contributed by atoms with van der Waals surface area (Å²) in [6.07, 6.45) is 1.65. The van der Waals surface area contributed by atoms with E-state index in [0.717, 1.165) is 0 Å². The first-order valence-electron chi connectivity index (χ1n) is 8.20. The Morgan fingerprint density at radius 3 is 2.54 bits per heavy atom. The lowest BCUT2D eigenvalue weighted by Gasteiger charge is -2.17. The van der Waals surface area contributed by atoms with E-state index in [1.165, 1.54) is 16.9 Å². The predicted octanol–water partition coefficient (Wildman–Crippen LogP) is 2.06. The third-order valence-electron chi connectivity index (χ3n) is 3.74. The molecule has 1 aliphatic heterocycles. The van der Waals surface area contributed by atoms with Gasteiger partial charge in [-0.05, 0) is 44.3 Å². The van der Waals surface area contributed by atoms with Crippen LogP contribution in [0.15, 0.2) is 23.9 Å². The molecule has 1 fully saturated rings. The van der Waals surface area contributed by atoms with Crippen molar-refractivity contribution in [3.05, 3.63) is 29.5 Å². The van der Waals surface area contributed by atoms with Crippen LogP contribution in [0.2, 0.25) is 0 Å². The van der Waals surface area contributed by atoms with Gasteiger partial charge >= 0.3 is 5.97 Å².